The molecule has 0 amide bonds. The second kappa shape index (κ2) is 5.43. The van der Waals surface area contributed by atoms with Crippen molar-refractivity contribution < 1.29 is 4.42 Å². The summed E-state index contributed by atoms with van der Waals surface area (Å²) in [6.45, 7) is 10.6. The molecule has 128 valence electrons. The Labute approximate surface area is 142 Å². The number of nitrogens with zero attached hydrogens (tertiary/aromatic N) is 5. The van der Waals surface area contributed by atoms with Crippen LogP contribution < -0.4 is 0 Å². The molecule has 5 rings (SSSR count). The Morgan fingerprint density at radius 3 is 2.83 bits per heavy atom. The number of furan rings is 1. The lowest BCUT2D eigenvalue weighted by molar-refractivity contribution is 0.00929. The maximum Gasteiger partial charge on any atom is 0.147 e. The lowest BCUT2D eigenvalue weighted by Crippen LogP contribution is -2.59. The van der Waals surface area contributed by atoms with E-state index < -0.39 is 0 Å². The van der Waals surface area contributed by atoms with Gasteiger partial charge in [0.05, 0.1) is 13.1 Å². The highest BCUT2D eigenvalue weighted by molar-refractivity contribution is 5.18. The summed E-state index contributed by atoms with van der Waals surface area (Å²) in [5, 5.41) is 8.51. The summed E-state index contributed by atoms with van der Waals surface area (Å²) in [6, 6.07) is 4.99. The molecule has 0 N–H and O–H groups in total. The summed E-state index contributed by atoms with van der Waals surface area (Å²) in [5.41, 5.74) is 0. The zero-order valence-corrected chi connectivity index (χ0v) is 14.5. The van der Waals surface area contributed by atoms with Crippen LogP contribution in [0.4, 0.5) is 0 Å². The van der Waals surface area contributed by atoms with Crippen molar-refractivity contribution >= 4 is 0 Å². The Hall–Kier alpha value is -1.66. The molecule has 2 fully saturated rings. The molecule has 2 aromatic rings. The first-order chi connectivity index (χ1) is 11.7. The fraction of sp³-hybridized carbons (Fsp3) is 0.667. The molecule has 24 heavy (non-hydrogen) atoms. The number of fused-ring (bicyclic) bond motifs is 1. The number of hydrogen-bond donors (Lipinski definition) is 0. The average Bonchev–Trinajstić information content (AvgIpc) is 2.95. The highest BCUT2D eigenvalue weighted by Crippen LogP contribution is 2.47. The predicted octanol–water partition coefficient (Wildman–Crippen LogP) is 2.00. The predicted molar refractivity (Wildman–Crippen MR) is 89.5 cm³/mol. The SMILES string of the molecule is Cc1nnc2n1CCN(C1CN(Cc3ccc(C4CC4C)o3)C1)C2. The van der Waals surface area contributed by atoms with Gasteiger partial charge in [-0.15, -0.1) is 10.2 Å². The van der Waals surface area contributed by atoms with Crippen LogP contribution in [0, 0.1) is 12.8 Å². The second-order valence-electron chi connectivity index (χ2n) is 7.76. The topological polar surface area (TPSA) is 50.3 Å². The lowest BCUT2D eigenvalue weighted by atomic mass is 10.1. The van der Waals surface area contributed by atoms with Gasteiger partial charge in [0.1, 0.15) is 23.2 Å². The first-order valence-corrected chi connectivity index (χ1v) is 9.11. The minimum atomic E-state index is 0.647. The van der Waals surface area contributed by atoms with Gasteiger partial charge in [-0.25, -0.2) is 0 Å². The molecule has 1 saturated carbocycles. The zero-order chi connectivity index (χ0) is 16.3. The number of likely N-dealkylation sites (tertiary alicyclic amines) is 1. The van der Waals surface area contributed by atoms with E-state index in [9.17, 15) is 0 Å². The van der Waals surface area contributed by atoms with Crippen LogP contribution in [0.5, 0.6) is 0 Å². The molecule has 0 spiro atoms. The molecule has 1 saturated heterocycles. The quantitative estimate of drug-likeness (QED) is 0.860. The van der Waals surface area contributed by atoms with E-state index in [1.54, 1.807) is 0 Å². The van der Waals surface area contributed by atoms with E-state index in [2.05, 4.69) is 43.6 Å². The molecule has 6 heteroatoms. The molecule has 1 aliphatic carbocycles. The molecule has 3 aliphatic rings. The van der Waals surface area contributed by atoms with E-state index in [-0.39, 0.29) is 0 Å². The fourth-order valence-electron chi connectivity index (χ4n) is 4.15. The lowest BCUT2D eigenvalue weighted by Gasteiger charge is -2.46. The number of aromatic nitrogens is 3. The van der Waals surface area contributed by atoms with Crippen LogP contribution in [0.1, 0.15) is 42.4 Å². The summed E-state index contributed by atoms with van der Waals surface area (Å²) >= 11 is 0. The smallest absolute Gasteiger partial charge is 0.147 e. The van der Waals surface area contributed by atoms with E-state index >= 15 is 0 Å². The van der Waals surface area contributed by atoms with Gasteiger partial charge in [-0.2, -0.15) is 0 Å². The standard InChI is InChI=1S/C18H25N5O/c1-12-7-16(12)17-4-3-15(24-17)10-21-8-14(9-21)22-5-6-23-13(2)19-20-18(23)11-22/h3-4,12,14,16H,5-11H2,1-2H3. The van der Waals surface area contributed by atoms with Crippen LogP contribution in [0.15, 0.2) is 16.5 Å². The van der Waals surface area contributed by atoms with Crippen LogP contribution in [0.25, 0.3) is 0 Å². The summed E-state index contributed by atoms with van der Waals surface area (Å²) < 4.78 is 8.28. The third kappa shape index (κ3) is 2.48. The van der Waals surface area contributed by atoms with Crippen molar-refractivity contribution in [3.8, 4) is 0 Å². The summed E-state index contributed by atoms with van der Waals surface area (Å²) in [6.07, 6.45) is 1.29. The van der Waals surface area contributed by atoms with Gasteiger partial charge in [-0.1, -0.05) is 6.92 Å². The van der Waals surface area contributed by atoms with Crippen LogP contribution in [0.2, 0.25) is 0 Å². The monoisotopic (exact) mass is 327 g/mol. The first-order valence-electron chi connectivity index (χ1n) is 9.11. The molecule has 0 bridgehead atoms. The van der Waals surface area contributed by atoms with Gasteiger partial charge >= 0.3 is 0 Å². The van der Waals surface area contributed by atoms with Crippen LogP contribution >= 0.6 is 0 Å². The molecule has 2 unspecified atom stereocenters. The Balaban J connectivity index is 1.14. The van der Waals surface area contributed by atoms with Gasteiger partial charge in [0.25, 0.3) is 0 Å². The van der Waals surface area contributed by atoms with E-state index in [0.29, 0.717) is 12.0 Å². The van der Waals surface area contributed by atoms with Crippen molar-refractivity contribution in [2.75, 3.05) is 19.6 Å². The van der Waals surface area contributed by atoms with Crippen LogP contribution in [0.3, 0.4) is 0 Å². The minimum absolute atomic E-state index is 0.647. The Bertz CT molecular complexity index is 744. The highest BCUT2D eigenvalue weighted by atomic mass is 16.3. The van der Waals surface area contributed by atoms with Crippen molar-refractivity contribution in [2.45, 2.75) is 51.9 Å². The molecule has 2 atom stereocenters. The summed E-state index contributed by atoms with van der Waals surface area (Å²) in [4.78, 5) is 5.04. The number of hydrogen-bond acceptors (Lipinski definition) is 5. The fourth-order valence-corrected chi connectivity index (χ4v) is 4.15. The molecule has 4 heterocycles. The molecular weight excluding hydrogens is 302 g/mol. The Morgan fingerprint density at radius 1 is 1.21 bits per heavy atom. The normalized spacial score (nSPS) is 27.9. The van der Waals surface area contributed by atoms with Gasteiger partial charge in [-0.3, -0.25) is 9.80 Å². The van der Waals surface area contributed by atoms with E-state index in [1.807, 2.05) is 6.92 Å². The molecule has 0 radical (unpaired) electrons. The largest absolute Gasteiger partial charge is 0.464 e. The molecule has 0 aromatic carbocycles. The van der Waals surface area contributed by atoms with E-state index in [1.165, 1.54) is 12.2 Å². The van der Waals surface area contributed by atoms with Crippen molar-refractivity contribution in [3.05, 3.63) is 35.3 Å². The molecule has 2 aliphatic heterocycles. The third-order valence-electron chi connectivity index (χ3n) is 5.96. The van der Waals surface area contributed by atoms with Gasteiger partial charge in [0, 0.05) is 38.1 Å². The van der Waals surface area contributed by atoms with Crippen molar-refractivity contribution in [2.24, 2.45) is 5.92 Å². The number of rotatable bonds is 4. The molecule has 2 aromatic heterocycles. The third-order valence-corrected chi connectivity index (χ3v) is 5.96. The van der Waals surface area contributed by atoms with Crippen molar-refractivity contribution in [3.63, 3.8) is 0 Å². The van der Waals surface area contributed by atoms with Crippen molar-refractivity contribution in [1.82, 2.24) is 24.6 Å². The maximum atomic E-state index is 6.04. The van der Waals surface area contributed by atoms with Crippen LogP contribution in [-0.4, -0.2) is 50.2 Å². The average molecular weight is 327 g/mol. The molecular formula is C18H25N5O. The van der Waals surface area contributed by atoms with Gasteiger partial charge in [-0.05, 0) is 31.4 Å². The maximum absolute atomic E-state index is 6.04. The minimum Gasteiger partial charge on any atom is -0.464 e. The summed E-state index contributed by atoms with van der Waals surface area (Å²) in [5.74, 6) is 5.96. The molecule has 6 nitrogen and oxygen atoms in total. The Kier molecular flexibility index (Phi) is 3.31. The highest BCUT2D eigenvalue weighted by Gasteiger charge is 2.37. The Morgan fingerprint density at radius 2 is 2.04 bits per heavy atom. The van der Waals surface area contributed by atoms with Gasteiger partial charge < -0.3 is 8.98 Å². The van der Waals surface area contributed by atoms with Gasteiger partial charge in [0.2, 0.25) is 0 Å². The zero-order valence-electron chi connectivity index (χ0n) is 14.5. The van der Waals surface area contributed by atoms with E-state index in [0.717, 1.165) is 62.6 Å². The first kappa shape index (κ1) is 14.7. The number of aryl methyl sites for hydroxylation is 1. The van der Waals surface area contributed by atoms with Gasteiger partial charge in [0.15, 0.2) is 0 Å². The van der Waals surface area contributed by atoms with Crippen LogP contribution in [-0.2, 0) is 19.6 Å². The second-order valence-corrected chi connectivity index (χ2v) is 7.76. The van der Waals surface area contributed by atoms with Crippen molar-refractivity contribution in [1.29, 1.82) is 0 Å². The van der Waals surface area contributed by atoms with E-state index in [4.69, 9.17) is 4.42 Å². The summed E-state index contributed by atoms with van der Waals surface area (Å²) in [7, 11) is 0.